The van der Waals surface area contributed by atoms with Gasteiger partial charge in [-0.2, -0.15) is 0 Å². The summed E-state index contributed by atoms with van der Waals surface area (Å²) in [5.41, 5.74) is 1.83. The van der Waals surface area contributed by atoms with E-state index < -0.39 is 12.1 Å². The first-order valence-electron chi connectivity index (χ1n) is 9.75. The van der Waals surface area contributed by atoms with Crippen LogP contribution >= 0.6 is 0 Å². The number of hydrogen-bond donors (Lipinski definition) is 3. The zero-order valence-electron chi connectivity index (χ0n) is 17.5. The molecule has 29 heavy (non-hydrogen) atoms. The molecular weight excluding hydrogens is 370 g/mol. The third kappa shape index (κ3) is 6.22. The van der Waals surface area contributed by atoms with Crippen molar-refractivity contribution in [2.24, 2.45) is 0 Å². The second kappa shape index (κ2) is 11.1. The van der Waals surface area contributed by atoms with E-state index in [1.165, 1.54) is 0 Å². The number of likely N-dealkylation sites (N-methyl/N-ethyl adjacent to an activating group) is 1. The van der Waals surface area contributed by atoms with E-state index in [1.54, 1.807) is 14.0 Å². The van der Waals surface area contributed by atoms with E-state index in [0.717, 1.165) is 16.0 Å². The topological polar surface area (TPSA) is 81.1 Å². The van der Waals surface area contributed by atoms with E-state index in [0.29, 0.717) is 31.2 Å². The Morgan fingerprint density at radius 2 is 1.79 bits per heavy atom. The van der Waals surface area contributed by atoms with Crippen LogP contribution in [0, 0.1) is 0 Å². The maximum atomic E-state index is 12.9. The molecule has 0 saturated carbocycles. The van der Waals surface area contributed by atoms with Crippen LogP contribution in [-0.4, -0.2) is 39.2 Å². The molecule has 0 aliphatic heterocycles. The molecule has 0 radical (unpaired) electrons. The van der Waals surface area contributed by atoms with Crippen molar-refractivity contribution in [3.8, 4) is 11.5 Å². The minimum absolute atomic E-state index is 0.349. The van der Waals surface area contributed by atoms with E-state index >= 15 is 0 Å². The Kier molecular flexibility index (Phi) is 8.48. The summed E-state index contributed by atoms with van der Waals surface area (Å²) < 4.78 is 11.0. The highest BCUT2D eigenvalue weighted by molar-refractivity contribution is 5.96. The number of nitrogens with one attached hydrogen (secondary N) is 3. The fourth-order valence-electron chi connectivity index (χ4n) is 3.21. The van der Waals surface area contributed by atoms with Crippen LogP contribution in [0.2, 0.25) is 0 Å². The van der Waals surface area contributed by atoms with E-state index in [1.807, 2.05) is 62.5 Å². The quantitative estimate of drug-likeness (QED) is 0.598. The number of benzene rings is 2. The van der Waals surface area contributed by atoms with Gasteiger partial charge in [0.1, 0.15) is 6.54 Å². The predicted octanol–water partition coefficient (Wildman–Crippen LogP) is 1.70. The molecule has 3 N–H and O–H groups in total. The highest BCUT2D eigenvalue weighted by atomic mass is 16.5. The summed E-state index contributed by atoms with van der Waals surface area (Å²) in [5.74, 6) is 0.989. The molecule has 0 saturated heterocycles. The third-order valence-electron chi connectivity index (χ3n) is 4.47. The van der Waals surface area contributed by atoms with Gasteiger partial charge in [0.25, 0.3) is 5.91 Å². The minimum Gasteiger partial charge on any atom is -0.493 e. The molecule has 2 aromatic rings. The molecule has 0 aliphatic carbocycles. The molecule has 0 fully saturated rings. The van der Waals surface area contributed by atoms with Gasteiger partial charge in [0.05, 0.1) is 20.8 Å². The summed E-state index contributed by atoms with van der Waals surface area (Å²) in [5, 5.41) is 5.03. The number of methoxy groups -OCH3 is 1. The van der Waals surface area contributed by atoms with Crippen molar-refractivity contribution in [2.75, 3.05) is 27.3 Å². The fraction of sp³-hybridized carbons (Fsp3) is 0.364. The molecule has 7 heteroatoms. The normalized spacial score (nSPS) is 12.6. The lowest BCUT2D eigenvalue weighted by Crippen LogP contribution is -3.09. The first kappa shape index (κ1) is 22.2. The molecule has 1 unspecified atom stereocenters. The number of carbonyl (C=O) groups excluding carboxylic acids is 2. The maximum absolute atomic E-state index is 12.9. The van der Waals surface area contributed by atoms with Gasteiger partial charge in [0.2, 0.25) is 0 Å². The molecule has 7 nitrogen and oxygen atoms in total. The van der Waals surface area contributed by atoms with Crippen LogP contribution in [0.3, 0.4) is 0 Å². The zero-order valence-corrected chi connectivity index (χ0v) is 17.5. The Morgan fingerprint density at radius 3 is 2.41 bits per heavy atom. The van der Waals surface area contributed by atoms with Crippen LogP contribution in [0.15, 0.2) is 48.5 Å². The van der Waals surface area contributed by atoms with Gasteiger partial charge in [-0.3, -0.25) is 10.1 Å². The number of imide groups is 1. The van der Waals surface area contributed by atoms with Crippen molar-refractivity contribution < 1.29 is 24.0 Å². The summed E-state index contributed by atoms with van der Waals surface area (Å²) >= 11 is 0. The fourth-order valence-corrected chi connectivity index (χ4v) is 3.21. The molecular formula is C22H30N3O4+. The molecule has 0 aliphatic rings. The van der Waals surface area contributed by atoms with Crippen LogP contribution in [0.25, 0.3) is 0 Å². The number of amides is 3. The Morgan fingerprint density at radius 1 is 1.07 bits per heavy atom. The van der Waals surface area contributed by atoms with Crippen LogP contribution in [0.5, 0.6) is 11.5 Å². The molecule has 2 atom stereocenters. The first-order valence-corrected chi connectivity index (χ1v) is 9.75. The van der Waals surface area contributed by atoms with Gasteiger partial charge in [-0.1, -0.05) is 30.3 Å². The Hall–Kier alpha value is -3.06. The Balaban J connectivity index is 2.24. The van der Waals surface area contributed by atoms with E-state index in [2.05, 4.69) is 10.6 Å². The van der Waals surface area contributed by atoms with Crippen molar-refractivity contribution in [1.82, 2.24) is 10.6 Å². The van der Waals surface area contributed by atoms with Gasteiger partial charge in [-0.15, -0.1) is 0 Å². The SMILES string of the molecule is CCNC(=O)NC(=O)[C@H](c1ccccc1)[NH+](C)Cc1ccc(OCC)c(OC)c1. The lowest BCUT2D eigenvalue weighted by atomic mass is 10.0. The minimum atomic E-state index is -0.545. The second-order valence-electron chi connectivity index (χ2n) is 6.63. The summed E-state index contributed by atoms with van der Waals surface area (Å²) in [7, 11) is 3.53. The molecule has 156 valence electrons. The number of urea groups is 1. The molecule has 2 rings (SSSR count). The summed E-state index contributed by atoms with van der Waals surface area (Å²) in [4.78, 5) is 25.7. The molecule has 0 bridgehead atoms. The number of carbonyl (C=O) groups is 2. The lowest BCUT2D eigenvalue weighted by Gasteiger charge is -2.25. The van der Waals surface area contributed by atoms with E-state index in [4.69, 9.17) is 9.47 Å². The van der Waals surface area contributed by atoms with Crippen molar-refractivity contribution >= 4 is 11.9 Å². The van der Waals surface area contributed by atoms with E-state index in [9.17, 15) is 9.59 Å². The smallest absolute Gasteiger partial charge is 0.321 e. The Labute approximate surface area is 172 Å². The van der Waals surface area contributed by atoms with Gasteiger partial charge in [0.15, 0.2) is 17.5 Å². The molecule has 0 heterocycles. The van der Waals surface area contributed by atoms with Crippen LogP contribution in [0.1, 0.15) is 31.0 Å². The maximum Gasteiger partial charge on any atom is 0.321 e. The van der Waals surface area contributed by atoms with Gasteiger partial charge in [0, 0.05) is 17.7 Å². The number of rotatable bonds is 9. The molecule has 0 spiro atoms. The van der Waals surface area contributed by atoms with Crippen LogP contribution in [-0.2, 0) is 11.3 Å². The number of quaternary nitrogens is 1. The molecule has 0 aromatic heterocycles. The highest BCUT2D eigenvalue weighted by Crippen LogP contribution is 2.27. The van der Waals surface area contributed by atoms with E-state index in [-0.39, 0.29) is 5.91 Å². The van der Waals surface area contributed by atoms with Crippen molar-refractivity contribution in [3.63, 3.8) is 0 Å². The first-order chi connectivity index (χ1) is 14.0. The standard InChI is InChI=1S/C22H29N3O4/c1-5-23-22(27)24-21(26)20(17-10-8-7-9-11-17)25(3)15-16-12-13-18(29-6-2)19(14-16)28-4/h7-14,20H,5-6,15H2,1-4H3,(H2,23,24,26,27)/p+1/t20-/m0/s1. The van der Waals surface area contributed by atoms with Gasteiger partial charge in [-0.05, 0) is 32.0 Å². The lowest BCUT2D eigenvalue weighted by molar-refractivity contribution is -0.916. The third-order valence-corrected chi connectivity index (χ3v) is 4.47. The molecule has 2 aromatic carbocycles. The Bertz CT molecular complexity index is 811. The van der Waals surface area contributed by atoms with Crippen molar-refractivity contribution in [3.05, 3.63) is 59.7 Å². The predicted molar refractivity (Wildman–Crippen MR) is 111 cm³/mol. The average molecular weight is 400 g/mol. The van der Waals surface area contributed by atoms with Gasteiger partial charge in [-0.25, -0.2) is 4.79 Å². The average Bonchev–Trinajstić information content (AvgIpc) is 2.70. The van der Waals surface area contributed by atoms with Crippen LogP contribution < -0.4 is 25.0 Å². The largest absolute Gasteiger partial charge is 0.493 e. The summed E-state index contributed by atoms with van der Waals surface area (Å²) in [6.45, 7) is 5.28. The molecule has 3 amide bonds. The number of ether oxygens (including phenoxy) is 2. The second-order valence-corrected chi connectivity index (χ2v) is 6.63. The zero-order chi connectivity index (χ0) is 21.2. The monoisotopic (exact) mass is 400 g/mol. The van der Waals surface area contributed by atoms with Crippen LogP contribution in [0.4, 0.5) is 4.79 Å². The van der Waals surface area contributed by atoms with Gasteiger partial charge < -0.3 is 19.7 Å². The van der Waals surface area contributed by atoms with Gasteiger partial charge >= 0.3 is 6.03 Å². The summed E-state index contributed by atoms with van der Waals surface area (Å²) in [6, 6.07) is 14.2. The van der Waals surface area contributed by atoms with Crippen molar-refractivity contribution in [2.45, 2.75) is 26.4 Å². The number of hydrogen-bond acceptors (Lipinski definition) is 4. The highest BCUT2D eigenvalue weighted by Gasteiger charge is 2.30. The summed E-state index contributed by atoms with van der Waals surface area (Å²) in [6.07, 6.45) is 0. The van der Waals surface area contributed by atoms with Crippen molar-refractivity contribution in [1.29, 1.82) is 0 Å².